The molecule has 1 N–H and O–H groups in total. The summed E-state index contributed by atoms with van der Waals surface area (Å²) in [5.41, 5.74) is -0.842. The van der Waals surface area contributed by atoms with Crippen LogP contribution in [0, 0.1) is 0 Å². The lowest BCUT2D eigenvalue weighted by Crippen LogP contribution is -2.61. The van der Waals surface area contributed by atoms with Gasteiger partial charge in [0.25, 0.3) is 0 Å². The van der Waals surface area contributed by atoms with E-state index in [0.29, 0.717) is 58.1 Å². The van der Waals surface area contributed by atoms with Crippen LogP contribution in [0.5, 0.6) is 0 Å². The molecule has 0 aromatic carbocycles. The number of hydrogen-bond donors (Lipinski definition) is 1. The van der Waals surface area contributed by atoms with Crippen LogP contribution >= 0.6 is 0 Å². The van der Waals surface area contributed by atoms with E-state index in [1.165, 1.54) is 4.31 Å². The highest BCUT2D eigenvalue weighted by molar-refractivity contribution is 7.89. The average Bonchev–Trinajstić information content (AvgIpc) is 3.06. The van der Waals surface area contributed by atoms with Crippen LogP contribution in [0.3, 0.4) is 0 Å². The molecule has 0 unspecified atom stereocenters. The molecule has 1 amide bonds. The monoisotopic (exact) mass is 385 g/mol. The normalized spacial score (nSPS) is 21.5. The zero-order chi connectivity index (χ0) is 18.8. The molecule has 9 nitrogen and oxygen atoms in total. The highest BCUT2D eigenvalue weighted by atomic mass is 32.2. The first-order valence-electron chi connectivity index (χ1n) is 8.99. The van der Waals surface area contributed by atoms with Gasteiger partial charge < -0.3 is 15.0 Å². The van der Waals surface area contributed by atoms with Crippen molar-refractivity contribution in [2.24, 2.45) is 7.05 Å². The molecule has 3 rings (SSSR count). The summed E-state index contributed by atoms with van der Waals surface area (Å²) in [5.74, 6) is 0.700. The van der Waals surface area contributed by atoms with Crippen molar-refractivity contribution in [3.63, 3.8) is 0 Å². The van der Waals surface area contributed by atoms with Crippen LogP contribution in [0.25, 0.3) is 0 Å². The minimum absolute atomic E-state index is 0.000000472. The summed E-state index contributed by atoms with van der Waals surface area (Å²) in [4.78, 5) is 15.1. The fourth-order valence-electron chi connectivity index (χ4n) is 3.52. The summed E-state index contributed by atoms with van der Waals surface area (Å²) in [7, 11) is -1.43. The molecular weight excluding hydrogens is 358 g/mol. The van der Waals surface area contributed by atoms with Gasteiger partial charge in [-0.1, -0.05) is 0 Å². The van der Waals surface area contributed by atoms with Crippen LogP contribution in [0.4, 0.5) is 5.82 Å². The Morgan fingerprint density at radius 1 is 1.27 bits per heavy atom. The number of aromatic nitrogens is 2. The molecule has 146 valence electrons. The number of nitrogens with one attached hydrogen (secondary N) is 1. The first-order valence-corrected chi connectivity index (χ1v) is 10.6. The highest BCUT2D eigenvalue weighted by Gasteiger charge is 2.46. The minimum Gasteiger partial charge on any atom is -0.378 e. The fourth-order valence-corrected chi connectivity index (χ4v) is 4.62. The Morgan fingerprint density at radius 3 is 2.46 bits per heavy atom. The van der Waals surface area contributed by atoms with E-state index in [1.807, 2.05) is 24.2 Å². The fraction of sp³-hybridized carbons (Fsp3) is 0.750. The van der Waals surface area contributed by atoms with Crippen molar-refractivity contribution in [2.45, 2.75) is 25.3 Å². The first kappa shape index (κ1) is 19.1. The predicted octanol–water partition coefficient (Wildman–Crippen LogP) is -0.125. The number of carbonyl (C=O) groups excluding carboxylic acids is 1. The van der Waals surface area contributed by atoms with Gasteiger partial charge in [-0.25, -0.2) is 12.7 Å². The van der Waals surface area contributed by atoms with Crippen LogP contribution in [0.2, 0.25) is 0 Å². The lowest BCUT2D eigenvalue weighted by Gasteiger charge is -2.43. The molecule has 2 aliphatic heterocycles. The molecule has 0 bridgehead atoms. The van der Waals surface area contributed by atoms with Crippen molar-refractivity contribution in [1.82, 2.24) is 19.0 Å². The highest BCUT2D eigenvalue weighted by Crippen LogP contribution is 2.30. The second-order valence-corrected chi connectivity index (χ2v) is 9.04. The Balaban J connectivity index is 1.82. The van der Waals surface area contributed by atoms with E-state index in [1.54, 1.807) is 11.6 Å². The Kier molecular flexibility index (Phi) is 5.54. The molecule has 2 fully saturated rings. The molecule has 1 aromatic heterocycles. The van der Waals surface area contributed by atoms with Gasteiger partial charge in [0, 0.05) is 45.5 Å². The van der Waals surface area contributed by atoms with Gasteiger partial charge in [-0.05, 0) is 19.8 Å². The summed E-state index contributed by atoms with van der Waals surface area (Å²) < 4.78 is 32.9. The molecule has 3 heterocycles. The summed E-state index contributed by atoms with van der Waals surface area (Å²) in [6, 6.07) is 1.82. The molecule has 0 radical (unpaired) electrons. The molecule has 26 heavy (non-hydrogen) atoms. The number of amides is 1. The smallest absolute Gasteiger partial charge is 0.248 e. The van der Waals surface area contributed by atoms with E-state index in [4.69, 9.17) is 4.74 Å². The minimum atomic E-state index is -3.25. The second-order valence-electron chi connectivity index (χ2n) is 6.79. The molecule has 0 saturated carbocycles. The number of hydrogen-bond acceptors (Lipinski definition) is 6. The van der Waals surface area contributed by atoms with E-state index < -0.39 is 15.6 Å². The third kappa shape index (κ3) is 3.86. The Labute approximate surface area is 154 Å². The standard InChI is InChI=1S/C16H27N5O4S/c1-3-26(23,24)21-8-5-16(6-9-21,17-14-4-7-19(2)18-14)15(22)20-10-12-25-13-11-20/h4,7H,3,5-6,8-13H2,1-2H3,(H,17,18). The van der Waals surface area contributed by atoms with Gasteiger partial charge in [0.2, 0.25) is 15.9 Å². The van der Waals surface area contributed by atoms with E-state index in [2.05, 4.69) is 10.4 Å². The van der Waals surface area contributed by atoms with Crippen LogP contribution in [0.1, 0.15) is 19.8 Å². The van der Waals surface area contributed by atoms with Crippen molar-refractivity contribution in [3.05, 3.63) is 12.3 Å². The van der Waals surface area contributed by atoms with Crippen LogP contribution < -0.4 is 5.32 Å². The first-order chi connectivity index (χ1) is 12.4. The van der Waals surface area contributed by atoms with E-state index in [0.717, 1.165) is 0 Å². The number of nitrogens with zero attached hydrogens (tertiary/aromatic N) is 4. The average molecular weight is 385 g/mol. The van der Waals surface area contributed by atoms with Gasteiger partial charge in [0.05, 0.1) is 19.0 Å². The van der Waals surface area contributed by atoms with Gasteiger partial charge >= 0.3 is 0 Å². The Hall–Kier alpha value is -1.65. The number of piperidine rings is 1. The summed E-state index contributed by atoms with van der Waals surface area (Å²) in [6.45, 7) is 4.47. The molecule has 2 aliphatic rings. The van der Waals surface area contributed by atoms with Gasteiger partial charge in [-0.15, -0.1) is 0 Å². The SMILES string of the molecule is CCS(=O)(=O)N1CCC(Nc2ccn(C)n2)(C(=O)N2CCOCC2)CC1. The quantitative estimate of drug-likeness (QED) is 0.759. The van der Waals surface area contributed by atoms with E-state index in [9.17, 15) is 13.2 Å². The van der Waals surface area contributed by atoms with Crippen molar-refractivity contribution in [3.8, 4) is 0 Å². The second kappa shape index (κ2) is 7.53. The number of morpholine rings is 1. The maximum Gasteiger partial charge on any atom is 0.248 e. The third-order valence-corrected chi connectivity index (χ3v) is 7.00. The van der Waals surface area contributed by atoms with E-state index in [-0.39, 0.29) is 11.7 Å². The van der Waals surface area contributed by atoms with Crippen molar-refractivity contribution in [1.29, 1.82) is 0 Å². The summed E-state index contributed by atoms with van der Waals surface area (Å²) >= 11 is 0. The lowest BCUT2D eigenvalue weighted by molar-refractivity contribution is -0.141. The summed E-state index contributed by atoms with van der Waals surface area (Å²) in [6.07, 6.45) is 2.64. The number of ether oxygens (including phenoxy) is 1. The van der Waals surface area contributed by atoms with Crippen LogP contribution in [-0.2, 0) is 26.6 Å². The Bertz CT molecular complexity index is 734. The third-order valence-electron chi connectivity index (χ3n) is 5.12. The zero-order valence-electron chi connectivity index (χ0n) is 15.3. The molecule has 1 aromatic rings. The molecule has 0 spiro atoms. The van der Waals surface area contributed by atoms with Crippen molar-refractivity contribution in [2.75, 3.05) is 50.5 Å². The number of sulfonamides is 1. The maximum atomic E-state index is 13.3. The van der Waals surface area contributed by atoms with E-state index >= 15 is 0 Å². The maximum absolute atomic E-state index is 13.3. The molecule has 2 saturated heterocycles. The zero-order valence-corrected chi connectivity index (χ0v) is 16.2. The molecule has 0 atom stereocenters. The molecular formula is C16H27N5O4S. The number of aryl methyl sites for hydroxylation is 1. The van der Waals surface area contributed by atoms with Crippen LogP contribution in [-0.4, -0.2) is 84.0 Å². The molecule has 0 aliphatic carbocycles. The summed E-state index contributed by atoms with van der Waals surface area (Å²) in [5, 5.41) is 7.66. The van der Waals surface area contributed by atoms with Crippen molar-refractivity contribution >= 4 is 21.7 Å². The van der Waals surface area contributed by atoms with Gasteiger partial charge in [0.1, 0.15) is 11.4 Å². The van der Waals surface area contributed by atoms with Crippen molar-refractivity contribution < 1.29 is 17.9 Å². The lowest BCUT2D eigenvalue weighted by atomic mass is 9.86. The van der Waals surface area contributed by atoms with Gasteiger partial charge in [-0.2, -0.15) is 5.10 Å². The Morgan fingerprint density at radius 2 is 1.92 bits per heavy atom. The number of anilines is 1. The molecule has 10 heteroatoms. The topological polar surface area (TPSA) is 96.8 Å². The van der Waals surface area contributed by atoms with Gasteiger partial charge in [0.15, 0.2) is 0 Å². The number of carbonyl (C=O) groups is 1. The van der Waals surface area contributed by atoms with Gasteiger partial charge in [-0.3, -0.25) is 9.48 Å². The van der Waals surface area contributed by atoms with Crippen LogP contribution in [0.15, 0.2) is 12.3 Å². The largest absolute Gasteiger partial charge is 0.378 e. The number of rotatable bonds is 5. The predicted molar refractivity (Wildman–Crippen MR) is 97.2 cm³/mol.